The molecule has 0 fully saturated rings. The Balaban J connectivity index is 2.58. The van der Waals surface area contributed by atoms with Crippen molar-refractivity contribution in [2.24, 2.45) is 5.73 Å². The quantitative estimate of drug-likeness (QED) is 0.531. The van der Waals surface area contributed by atoms with E-state index >= 15 is 0 Å². The van der Waals surface area contributed by atoms with Crippen LogP contribution in [0.5, 0.6) is 0 Å². The molecule has 2 heterocycles. The Morgan fingerprint density at radius 2 is 2.00 bits per heavy atom. The Morgan fingerprint density at radius 3 is 2.60 bits per heavy atom. The summed E-state index contributed by atoms with van der Waals surface area (Å²) in [6.45, 7) is 1.81. The first-order chi connectivity index (χ1) is 9.34. The monoisotopic (exact) mass is 287 g/mol. The van der Waals surface area contributed by atoms with E-state index in [-0.39, 0.29) is 5.69 Å². The summed E-state index contributed by atoms with van der Waals surface area (Å²) in [6, 6.07) is 1.59. The number of amides is 1. The highest BCUT2D eigenvalue weighted by atomic mass is 32.1. The van der Waals surface area contributed by atoms with Crippen LogP contribution in [0.3, 0.4) is 0 Å². The lowest BCUT2D eigenvalue weighted by atomic mass is 10.0. The van der Waals surface area contributed by atoms with Crippen molar-refractivity contribution in [1.29, 1.82) is 0 Å². The van der Waals surface area contributed by atoms with Crippen molar-refractivity contribution in [3.05, 3.63) is 22.9 Å². The molecule has 6 N–H and O–H groups in total. The highest BCUT2D eigenvalue weighted by Gasteiger charge is 2.30. The Morgan fingerprint density at radius 1 is 1.35 bits per heavy atom. The molecular weight excluding hydrogens is 274 g/mol. The van der Waals surface area contributed by atoms with Crippen molar-refractivity contribution >= 4 is 51.1 Å². The number of pyridine rings is 1. The Hall–Kier alpha value is -2.41. The number of primary amides is 1. The average Bonchev–Trinajstić information content (AvgIpc) is 2.67. The molecule has 1 aromatic heterocycles. The number of anilines is 3. The summed E-state index contributed by atoms with van der Waals surface area (Å²) in [5.74, 6) is -0.615. The van der Waals surface area contributed by atoms with Crippen molar-refractivity contribution in [1.82, 2.24) is 4.98 Å². The fourth-order valence-electron chi connectivity index (χ4n) is 2.54. The minimum atomic E-state index is -0.615. The van der Waals surface area contributed by atoms with E-state index in [1.165, 1.54) is 0 Å². The summed E-state index contributed by atoms with van der Waals surface area (Å²) in [7, 11) is 1.83. The number of thiocarbonyl (C=S) groups is 1. The van der Waals surface area contributed by atoms with Crippen LogP contribution in [0.15, 0.2) is 6.07 Å². The summed E-state index contributed by atoms with van der Waals surface area (Å²) in [6.07, 6.45) is 0. The number of carbonyl (C=O) groups is 1. The number of nitrogens with zero attached hydrogens (tertiary/aromatic N) is 2. The lowest BCUT2D eigenvalue weighted by Crippen LogP contribution is -2.21. The molecule has 3 rings (SSSR count). The first kappa shape index (κ1) is 12.6. The van der Waals surface area contributed by atoms with E-state index in [2.05, 4.69) is 4.98 Å². The smallest absolute Gasteiger partial charge is 0.267 e. The third kappa shape index (κ3) is 1.35. The molecule has 0 bridgehead atoms. The fourth-order valence-corrected chi connectivity index (χ4v) is 2.79. The zero-order valence-corrected chi connectivity index (χ0v) is 11.8. The van der Waals surface area contributed by atoms with E-state index in [0.29, 0.717) is 21.9 Å². The third-order valence-electron chi connectivity index (χ3n) is 3.70. The highest BCUT2D eigenvalue weighted by Crippen LogP contribution is 2.45. The Kier molecular flexibility index (Phi) is 2.39. The number of benzene rings is 1. The molecule has 1 aliphatic heterocycles. The van der Waals surface area contributed by atoms with E-state index in [1.807, 2.05) is 14.0 Å². The second-order valence-corrected chi connectivity index (χ2v) is 5.19. The van der Waals surface area contributed by atoms with Gasteiger partial charge < -0.3 is 22.1 Å². The van der Waals surface area contributed by atoms with Crippen LogP contribution in [0, 0.1) is 6.92 Å². The molecular formula is C13H13N5OS. The summed E-state index contributed by atoms with van der Waals surface area (Å²) in [4.78, 5) is 18.1. The van der Waals surface area contributed by atoms with Crippen molar-refractivity contribution in [3.63, 3.8) is 0 Å². The predicted molar refractivity (Wildman–Crippen MR) is 83.9 cm³/mol. The number of nitrogen functional groups attached to an aromatic ring is 2. The van der Waals surface area contributed by atoms with Gasteiger partial charge in [-0.25, -0.2) is 4.98 Å². The molecule has 1 amide bonds. The molecule has 1 aromatic carbocycles. The largest absolute Gasteiger partial charge is 0.397 e. The fraction of sp³-hybridized carbons (Fsp3) is 0.154. The summed E-state index contributed by atoms with van der Waals surface area (Å²) >= 11 is 5.40. The predicted octanol–water partition coefficient (Wildman–Crippen LogP) is 0.932. The lowest BCUT2D eigenvalue weighted by molar-refractivity contribution is 0.0996. The van der Waals surface area contributed by atoms with Crippen LogP contribution in [-0.4, -0.2) is 22.9 Å². The third-order valence-corrected chi connectivity index (χ3v) is 4.19. The summed E-state index contributed by atoms with van der Waals surface area (Å²) in [5, 5.41) is 0.781. The van der Waals surface area contributed by atoms with Crippen LogP contribution in [0.2, 0.25) is 0 Å². The maximum atomic E-state index is 11.4. The molecule has 0 radical (unpaired) electrons. The molecule has 6 nitrogen and oxygen atoms in total. The van der Waals surface area contributed by atoms with Crippen LogP contribution in [-0.2, 0) is 0 Å². The van der Waals surface area contributed by atoms with Crippen molar-refractivity contribution in [2.45, 2.75) is 6.92 Å². The molecule has 2 aromatic rings. The SMILES string of the molecule is Cc1c(N)c2c3c(cc(C(N)=O)nc3c1N)C(=S)N2C. The minimum Gasteiger partial charge on any atom is -0.397 e. The maximum absolute atomic E-state index is 11.4. The van der Waals surface area contributed by atoms with Gasteiger partial charge in [-0.15, -0.1) is 0 Å². The van der Waals surface area contributed by atoms with E-state index in [1.54, 1.807) is 11.0 Å². The molecule has 0 aliphatic carbocycles. The molecule has 7 heteroatoms. The normalized spacial score (nSPS) is 13.3. The van der Waals surface area contributed by atoms with Crippen LogP contribution in [0.4, 0.5) is 17.1 Å². The lowest BCUT2D eigenvalue weighted by Gasteiger charge is -2.17. The van der Waals surface area contributed by atoms with E-state index in [0.717, 1.165) is 22.2 Å². The van der Waals surface area contributed by atoms with Gasteiger partial charge in [-0.2, -0.15) is 0 Å². The van der Waals surface area contributed by atoms with Gasteiger partial charge in [0.15, 0.2) is 0 Å². The van der Waals surface area contributed by atoms with Crippen LogP contribution >= 0.6 is 12.2 Å². The van der Waals surface area contributed by atoms with Gasteiger partial charge in [-0.3, -0.25) is 4.79 Å². The first-order valence-corrected chi connectivity index (χ1v) is 6.35. The van der Waals surface area contributed by atoms with Gasteiger partial charge >= 0.3 is 0 Å². The number of hydrogen-bond acceptors (Lipinski definition) is 5. The van der Waals surface area contributed by atoms with Crippen LogP contribution < -0.4 is 22.1 Å². The Bertz CT molecular complexity index is 814. The van der Waals surface area contributed by atoms with Gasteiger partial charge in [0.25, 0.3) is 5.91 Å². The molecule has 0 unspecified atom stereocenters. The molecule has 0 saturated carbocycles. The number of rotatable bonds is 1. The van der Waals surface area contributed by atoms with Gasteiger partial charge in [0, 0.05) is 18.0 Å². The molecule has 1 aliphatic rings. The topological polar surface area (TPSA) is 111 Å². The van der Waals surface area contributed by atoms with E-state index in [9.17, 15) is 4.79 Å². The second kappa shape index (κ2) is 3.80. The van der Waals surface area contributed by atoms with E-state index < -0.39 is 5.91 Å². The average molecular weight is 287 g/mol. The number of nitrogens with two attached hydrogens (primary N) is 3. The highest BCUT2D eigenvalue weighted by molar-refractivity contribution is 7.81. The summed E-state index contributed by atoms with van der Waals surface area (Å²) in [5.41, 5.74) is 21.5. The standard InChI is InChI=1S/C13H13N5OS/c1-4-8(14)10-7-5(3-6(17-10)12(16)19)13(20)18(2)11(7)9(4)15/h3H,14-15H2,1-2H3,(H2,16,19). The van der Waals surface area contributed by atoms with Crippen molar-refractivity contribution in [2.75, 3.05) is 23.4 Å². The number of hydrogen-bond donors (Lipinski definition) is 3. The van der Waals surface area contributed by atoms with Gasteiger partial charge in [0.2, 0.25) is 0 Å². The van der Waals surface area contributed by atoms with Gasteiger partial charge in [0.05, 0.1) is 22.6 Å². The van der Waals surface area contributed by atoms with Crippen molar-refractivity contribution in [3.8, 4) is 0 Å². The number of carbonyl (C=O) groups excluding carboxylic acids is 1. The summed E-state index contributed by atoms with van der Waals surface area (Å²) < 4.78 is 0. The zero-order chi connectivity index (χ0) is 14.8. The zero-order valence-electron chi connectivity index (χ0n) is 11.0. The molecule has 0 spiro atoms. The molecule has 0 atom stereocenters. The number of aromatic nitrogens is 1. The van der Waals surface area contributed by atoms with Crippen molar-refractivity contribution < 1.29 is 4.79 Å². The van der Waals surface area contributed by atoms with Crippen LogP contribution in [0.25, 0.3) is 10.9 Å². The minimum absolute atomic E-state index is 0.145. The Labute approximate surface area is 120 Å². The maximum Gasteiger partial charge on any atom is 0.267 e. The van der Waals surface area contributed by atoms with Crippen LogP contribution in [0.1, 0.15) is 21.6 Å². The first-order valence-electron chi connectivity index (χ1n) is 5.94. The molecule has 20 heavy (non-hydrogen) atoms. The molecule has 0 saturated heterocycles. The second-order valence-electron chi connectivity index (χ2n) is 4.81. The van der Waals surface area contributed by atoms with Gasteiger partial charge in [-0.1, -0.05) is 12.2 Å². The van der Waals surface area contributed by atoms with E-state index in [4.69, 9.17) is 29.4 Å². The molecule has 102 valence electrons. The van der Waals surface area contributed by atoms with Gasteiger partial charge in [0.1, 0.15) is 10.7 Å². The van der Waals surface area contributed by atoms with Gasteiger partial charge in [-0.05, 0) is 18.6 Å².